The van der Waals surface area contributed by atoms with Gasteiger partial charge in [-0.05, 0) is 111 Å². The quantitative estimate of drug-likeness (QED) is 0.167. The Morgan fingerprint density at radius 2 is 1.72 bits per heavy atom. The third-order valence-electron chi connectivity index (χ3n) is 5.70. The maximum atomic E-state index is 12.5. The molecule has 0 saturated carbocycles. The first-order valence-electron chi connectivity index (χ1n) is 12.4. The number of benzene rings is 2. The van der Waals surface area contributed by atoms with E-state index in [0.29, 0.717) is 28.6 Å². The van der Waals surface area contributed by atoms with Gasteiger partial charge in [-0.15, -0.1) is 0 Å². The molecule has 9 heteroatoms. The number of carbonyl (C=O) groups excluding carboxylic acids is 1. The minimum absolute atomic E-state index is 0.130. The number of furan rings is 1. The molecule has 1 amide bonds. The van der Waals surface area contributed by atoms with E-state index in [-0.39, 0.29) is 18.0 Å². The van der Waals surface area contributed by atoms with E-state index in [1.165, 1.54) is 17.6 Å². The summed E-state index contributed by atoms with van der Waals surface area (Å²) in [5, 5.41) is 4.06. The molecule has 8 nitrogen and oxygen atoms in total. The topological polar surface area (TPSA) is 87.2 Å². The van der Waals surface area contributed by atoms with Crippen LogP contribution in [0, 0.1) is 13.8 Å². The Morgan fingerprint density at radius 3 is 2.36 bits per heavy atom. The molecule has 2 heterocycles. The number of halogens is 1. The third-order valence-corrected chi connectivity index (χ3v) is 6.39. The van der Waals surface area contributed by atoms with E-state index in [4.69, 9.17) is 18.6 Å². The molecule has 1 N–H and O–H groups in total. The number of aromatic nitrogens is 1. The highest BCUT2D eigenvalue weighted by atomic mass is 79.9. The second-order valence-corrected chi connectivity index (χ2v) is 10.8. The predicted octanol–water partition coefficient (Wildman–Crippen LogP) is 6.98. The summed E-state index contributed by atoms with van der Waals surface area (Å²) in [5.74, 6) is 2.03. The van der Waals surface area contributed by atoms with Crippen molar-refractivity contribution in [2.75, 3.05) is 7.11 Å². The Balaban J connectivity index is 1.33. The molecule has 0 spiro atoms. The zero-order valence-electron chi connectivity index (χ0n) is 22.9. The van der Waals surface area contributed by atoms with Gasteiger partial charge >= 0.3 is 5.91 Å². The molecule has 0 fully saturated rings. The summed E-state index contributed by atoms with van der Waals surface area (Å²) in [7, 11) is 1.57. The van der Waals surface area contributed by atoms with Crippen molar-refractivity contribution in [3.05, 3.63) is 93.6 Å². The van der Waals surface area contributed by atoms with Crippen LogP contribution in [-0.2, 0) is 6.61 Å². The molecule has 0 aliphatic rings. The first-order chi connectivity index (χ1) is 18.5. The second-order valence-electron chi connectivity index (χ2n) is 9.94. The van der Waals surface area contributed by atoms with Crippen LogP contribution in [0.3, 0.4) is 0 Å². The van der Waals surface area contributed by atoms with E-state index in [9.17, 15) is 4.79 Å². The van der Waals surface area contributed by atoms with Crippen molar-refractivity contribution in [1.29, 1.82) is 0 Å². The molecule has 0 aliphatic heterocycles. The van der Waals surface area contributed by atoms with E-state index in [1.807, 2.05) is 51.1 Å². The lowest BCUT2D eigenvalue weighted by Gasteiger charge is -2.23. The normalized spacial score (nSPS) is 11.6. The van der Waals surface area contributed by atoms with Crippen molar-refractivity contribution < 1.29 is 23.4 Å². The molecule has 39 heavy (non-hydrogen) atoms. The number of carbonyl (C=O) groups is 1. The Bertz CT molecular complexity index is 1460. The third kappa shape index (κ3) is 7.11. The fourth-order valence-corrected chi connectivity index (χ4v) is 4.36. The number of aryl methyl sites for hydroxylation is 2. The number of methoxy groups -OCH3 is 1. The zero-order valence-corrected chi connectivity index (χ0v) is 24.5. The van der Waals surface area contributed by atoms with Gasteiger partial charge in [-0.1, -0.05) is 0 Å². The monoisotopic (exact) mass is 593 g/mol. The van der Waals surface area contributed by atoms with Crippen LogP contribution < -0.4 is 19.6 Å². The molecule has 0 atom stereocenters. The molecule has 0 saturated heterocycles. The predicted molar refractivity (Wildman–Crippen MR) is 154 cm³/mol. The average Bonchev–Trinajstić information content (AvgIpc) is 3.49. The SMILES string of the molecule is COc1cc(/C=N/NC(=O)c2ccc(COc3ccc(-n4c(C)ccc4C)cc3)o2)c(Br)cc1OC(C)(C)C. The summed E-state index contributed by atoms with van der Waals surface area (Å²) in [4.78, 5) is 12.5. The van der Waals surface area contributed by atoms with Crippen molar-refractivity contribution in [2.24, 2.45) is 5.10 Å². The van der Waals surface area contributed by atoms with E-state index in [2.05, 4.69) is 57.0 Å². The largest absolute Gasteiger partial charge is 0.493 e. The minimum Gasteiger partial charge on any atom is -0.493 e. The highest BCUT2D eigenvalue weighted by Gasteiger charge is 2.17. The minimum atomic E-state index is -0.477. The van der Waals surface area contributed by atoms with Crippen LogP contribution in [-0.4, -0.2) is 29.4 Å². The molecule has 204 valence electrons. The number of nitrogens with zero attached hydrogens (tertiary/aromatic N) is 2. The van der Waals surface area contributed by atoms with Crippen LogP contribution in [0.15, 0.2) is 74.7 Å². The van der Waals surface area contributed by atoms with Gasteiger partial charge in [0, 0.05) is 27.1 Å². The summed E-state index contributed by atoms with van der Waals surface area (Å²) < 4.78 is 25.8. The van der Waals surface area contributed by atoms with Crippen molar-refractivity contribution in [3.8, 4) is 22.9 Å². The molecule has 4 aromatic rings. The number of hydrogen-bond donors (Lipinski definition) is 1. The molecular formula is C30H32BrN3O5. The number of rotatable bonds is 9. The van der Waals surface area contributed by atoms with Gasteiger partial charge in [-0.25, -0.2) is 5.43 Å². The smallest absolute Gasteiger partial charge is 0.307 e. The maximum absolute atomic E-state index is 12.5. The molecule has 0 unspecified atom stereocenters. The van der Waals surface area contributed by atoms with Gasteiger partial charge in [-0.3, -0.25) is 4.79 Å². The lowest BCUT2D eigenvalue weighted by atomic mass is 10.1. The molecule has 0 radical (unpaired) electrons. The summed E-state index contributed by atoms with van der Waals surface area (Å²) in [6.07, 6.45) is 1.51. The summed E-state index contributed by atoms with van der Waals surface area (Å²) >= 11 is 3.52. The van der Waals surface area contributed by atoms with E-state index in [1.54, 1.807) is 25.3 Å². The molecular weight excluding hydrogens is 562 g/mol. The molecule has 0 aliphatic carbocycles. The number of hydrogen-bond acceptors (Lipinski definition) is 6. The van der Waals surface area contributed by atoms with Gasteiger partial charge in [0.05, 0.1) is 13.3 Å². The van der Waals surface area contributed by atoms with Gasteiger partial charge in [0.2, 0.25) is 0 Å². The van der Waals surface area contributed by atoms with Gasteiger partial charge < -0.3 is 23.2 Å². The molecule has 2 aromatic heterocycles. The summed E-state index contributed by atoms with van der Waals surface area (Å²) in [5.41, 5.74) is 6.21. The molecule has 2 aromatic carbocycles. The van der Waals surface area contributed by atoms with Crippen molar-refractivity contribution >= 4 is 28.1 Å². The maximum Gasteiger partial charge on any atom is 0.307 e. The fraction of sp³-hybridized carbons (Fsp3) is 0.267. The van der Waals surface area contributed by atoms with Crippen LogP contribution in [0.4, 0.5) is 0 Å². The zero-order chi connectivity index (χ0) is 28.2. The average molecular weight is 595 g/mol. The van der Waals surface area contributed by atoms with Crippen LogP contribution in [0.5, 0.6) is 17.2 Å². The van der Waals surface area contributed by atoms with Gasteiger partial charge in [0.15, 0.2) is 17.3 Å². The highest BCUT2D eigenvalue weighted by Crippen LogP contribution is 2.35. The molecule has 0 bridgehead atoms. The van der Waals surface area contributed by atoms with Gasteiger partial charge in [-0.2, -0.15) is 5.10 Å². The fourth-order valence-electron chi connectivity index (χ4n) is 3.93. The van der Waals surface area contributed by atoms with Crippen LogP contribution >= 0.6 is 15.9 Å². The number of amides is 1. The van der Waals surface area contributed by atoms with E-state index in [0.717, 1.165) is 10.2 Å². The number of hydrazone groups is 1. The van der Waals surface area contributed by atoms with Gasteiger partial charge in [0.1, 0.15) is 23.7 Å². The molecule has 4 rings (SSSR count). The van der Waals surface area contributed by atoms with Crippen molar-refractivity contribution in [2.45, 2.75) is 46.8 Å². The number of nitrogens with one attached hydrogen (secondary N) is 1. The summed E-state index contributed by atoms with van der Waals surface area (Å²) in [6.45, 7) is 10.2. The lowest BCUT2D eigenvalue weighted by Crippen LogP contribution is -2.23. The van der Waals surface area contributed by atoms with Crippen LogP contribution in [0.25, 0.3) is 5.69 Å². The van der Waals surface area contributed by atoms with Crippen LogP contribution in [0.1, 0.15) is 54.0 Å². The number of ether oxygens (including phenoxy) is 3. The van der Waals surface area contributed by atoms with Gasteiger partial charge in [0.25, 0.3) is 0 Å². The Morgan fingerprint density at radius 1 is 1.03 bits per heavy atom. The Hall–Kier alpha value is -3.98. The first-order valence-corrected chi connectivity index (χ1v) is 13.2. The van der Waals surface area contributed by atoms with Crippen molar-refractivity contribution in [1.82, 2.24) is 9.99 Å². The standard InChI is InChI=1S/C30H32BrN3O5/c1-19-7-8-20(2)34(19)22-9-11-23(12-10-22)37-18-24-13-14-26(38-24)29(35)33-32-17-21-15-27(36-6)28(16-25(21)31)39-30(3,4)5/h7-17H,18H2,1-6H3,(H,33,35)/b32-17+. The lowest BCUT2D eigenvalue weighted by molar-refractivity contribution is 0.0923. The van der Waals surface area contributed by atoms with E-state index >= 15 is 0 Å². The highest BCUT2D eigenvalue weighted by molar-refractivity contribution is 9.10. The van der Waals surface area contributed by atoms with E-state index < -0.39 is 5.91 Å². The summed E-state index contributed by atoms with van der Waals surface area (Å²) in [6, 6.07) is 18.9. The second kappa shape index (κ2) is 11.8. The Kier molecular flexibility index (Phi) is 8.50. The van der Waals surface area contributed by atoms with Crippen molar-refractivity contribution in [3.63, 3.8) is 0 Å². The Labute approximate surface area is 236 Å². The van der Waals surface area contributed by atoms with Crippen LogP contribution in [0.2, 0.25) is 0 Å². The first kappa shape index (κ1) is 28.0.